The third-order valence-electron chi connectivity index (χ3n) is 3.12. The summed E-state index contributed by atoms with van der Waals surface area (Å²) in [6, 6.07) is 0. The quantitative estimate of drug-likeness (QED) is 0.286. The number of rotatable bonds is 13. The first kappa shape index (κ1) is 21.1. The highest BCUT2D eigenvalue weighted by atomic mass is 16.4. The van der Waals surface area contributed by atoms with Crippen molar-refractivity contribution >= 4 is 5.97 Å². The lowest BCUT2D eigenvalue weighted by Gasteiger charge is -2.00. The number of aliphatic carboxylic acids is 1. The molecule has 23 heavy (non-hydrogen) atoms. The standard InChI is InChI=1S/C20H30O3/c1-2-19(21)17-15-13-11-9-7-5-3-4-6-8-10-12-14-16-18-20(22)23/h4-7,9-13,15,19,21H,2-3,8,14,16-18H2,1H3,(H,22,23)/b6-4-,7-5-,11-9+,12-10-,15-13+/t19-/m0/s1. The van der Waals surface area contributed by atoms with E-state index in [1.54, 1.807) is 0 Å². The highest BCUT2D eigenvalue weighted by Crippen LogP contribution is 1.99. The van der Waals surface area contributed by atoms with E-state index in [-0.39, 0.29) is 12.5 Å². The van der Waals surface area contributed by atoms with E-state index in [1.807, 2.05) is 43.4 Å². The van der Waals surface area contributed by atoms with Gasteiger partial charge in [-0.2, -0.15) is 0 Å². The van der Waals surface area contributed by atoms with Crippen LogP contribution in [0, 0.1) is 0 Å². The molecule has 0 bridgehead atoms. The third kappa shape index (κ3) is 18.1. The van der Waals surface area contributed by atoms with E-state index in [1.165, 1.54) is 0 Å². The van der Waals surface area contributed by atoms with Crippen molar-refractivity contribution in [3.05, 3.63) is 60.8 Å². The van der Waals surface area contributed by atoms with Crippen LogP contribution < -0.4 is 0 Å². The van der Waals surface area contributed by atoms with E-state index in [4.69, 9.17) is 5.11 Å². The van der Waals surface area contributed by atoms with Gasteiger partial charge in [0.1, 0.15) is 0 Å². The normalized spacial score (nSPS) is 14.2. The molecule has 3 heteroatoms. The third-order valence-corrected chi connectivity index (χ3v) is 3.12. The summed E-state index contributed by atoms with van der Waals surface area (Å²) in [7, 11) is 0. The van der Waals surface area contributed by atoms with Crippen molar-refractivity contribution < 1.29 is 15.0 Å². The van der Waals surface area contributed by atoms with E-state index in [0.29, 0.717) is 12.8 Å². The molecular weight excluding hydrogens is 288 g/mol. The van der Waals surface area contributed by atoms with Gasteiger partial charge in [-0.15, -0.1) is 0 Å². The van der Waals surface area contributed by atoms with Crippen molar-refractivity contribution in [2.75, 3.05) is 0 Å². The van der Waals surface area contributed by atoms with Crippen LogP contribution >= 0.6 is 0 Å². The van der Waals surface area contributed by atoms with Crippen LogP contribution in [-0.2, 0) is 4.79 Å². The molecule has 0 aromatic rings. The SMILES string of the molecule is CC[C@H](O)C/C=C/C=C/C=C\C/C=C\C/C=C\CCCC(=O)O. The Kier molecular flexibility index (Phi) is 15.2. The van der Waals surface area contributed by atoms with Crippen LogP contribution in [0.1, 0.15) is 51.9 Å². The molecule has 0 aromatic heterocycles. The highest BCUT2D eigenvalue weighted by molar-refractivity contribution is 5.66. The van der Waals surface area contributed by atoms with Gasteiger partial charge in [-0.3, -0.25) is 4.79 Å². The average Bonchev–Trinajstić information content (AvgIpc) is 2.53. The van der Waals surface area contributed by atoms with Crippen LogP contribution in [0.5, 0.6) is 0 Å². The Morgan fingerprint density at radius 1 is 0.913 bits per heavy atom. The second-order valence-electron chi connectivity index (χ2n) is 5.24. The van der Waals surface area contributed by atoms with Gasteiger partial charge < -0.3 is 10.2 Å². The smallest absolute Gasteiger partial charge is 0.303 e. The van der Waals surface area contributed by atoms with Gasteiger partial charge in [-0.1, -0.05) is 67.7 Å². The topological polar surface area (TPSA) is 57.5 Å². The van der Waals surface area contributed by atoms with Crippen molar-refractivity contribution in [3.8, 4) is 0 Å². The second-order valence-corrected chi connectivity index (χ2v) is 5.24. The maximum Gasteiger partial charge on any atom is 0.303 e. The number of aliphatic hydroxyl groups is 1. The molecular formula is C20H30O3. The van der Waals surface area contributed by atoms with Crippen LogP contribution in [-0.4, -0.2) is 22.3 Å². The highest BCUT2D eigenvalue weighted by Gasteiger charge is 1.94. The summed E-state index contributed by atoms with van der Waals surface area (Å²) in [6.45, 7) is 1.97. The Morgan fingerprint density at radius 3 is 2.17 bits per heavy atom. The molecule has 0 radical (unpaired) electrons. The van der Waals surface area contributed by atoms with Crippen LogP contribution in [0.25, 0.3) is 0 Å². The molecule has 2 N–H and O–H groups in total. The fourth-order valence-corrected chi connectivity index (χ4v) is 1.70. The van der Waals surface area contributed by atoms with E-state index in [0.717, 1.165) is 25.7 Å². The number of aliphatic hydroxyl groups excluding tert-OH is 1. The molecule has 0 amide bonds. The Hall–Kier alpha value is -1.87. The monoisotopic (exact) mass is 318 g/mol. The zero-order valence-electron chi connectivity index (χ0n) is 14.1. The summed E-state index contributed by atoms with van der Waals surface area (Å²) in [5.74, 6) is -0.729. The Morgan fingerprint density at radius 2 is 1.52 bits per heavy atom. The molecule has 0 unspecified atom stereocenters. The second kappa shape index (κ2) is 16.5. The van der Waals surface area contributed by atoms with Gasteiger partial charge in [0.25, 0.3) is 0 Å². The molecule has 0 saturated carbocycles. The van der Waals surface area contributed by atoms with E-state index < -0.39 is 5.97 Å². The molecule has 0 spiro atoms. The molecule has 3 nitrogen and oxygen atoms in total. The van der Waals surface area contributed by atoms with E-state index in [9.17, 15) is 9.90 Å². The lowest BCUT2D eigenvalue weighted by molar-refractivity contribution is -0.137. The fraction of sp³-hybridized carbons (Fsp3) is 0.450. The lowest BCUT2D eigenvalue weighted by atomic mass is 10.2. The van der Waals surface area contributed by atoms with Gasteiger partial charge in [0.2, 0.25) is 0 Å². The largest absolute Gasteiger partial charge is 0.481 e. The molecule has 0 aliphatic heterocycles. The minimum atomic E-state index is -0.729. The van der Waals surface area contributed by atoms with Crippen molar-refractivity contribution in [1.82, 2.24) is 0 Å². The van der Waals surface area contributed by atoms with Gasteiger partial charge in [-0.25, -0.2) is 0 Å². The van der Waals surface area contributed by atoms with Crippen molar-refractivity contribution in [2.45, 2.75) is 58.0 Å². The Balaban J connectivity index is 3.58. The zero-order chi connectivity index (χ0) is 17.2. The number of carbonyl (C=O) groups is 1. The summed E-state index contributed by atoms with van der Waals surface area (Å²) >= 11 is 0. The van der Waals surface area contributed by atoms with Crippen LogP contribution in [0.3, 0.4) is 0 Å². The van der Waals surface area contributed by atoms with Crippen molar-refractivity contribution in [2.24, 2.45) is 0 Å². The number of allylic oxidation sites excluding steroid dienone is 9. The summed E-state index contributed by atoms with van der Waals surface area (Å²) < 4.78 is 0. The molecule has 0 saturated heterocycles. The molecule has 0 rings (SSSR count). The van der Waals surface area contributed by atoms with Gasteiger partial charge in [0.15, 0.2) is 0 Å². The molecule has 0 fully saturated rings. The molecule has 128 valence electrons. The van der Waals surface area contributed by atoms with Crippen LogP contribution in [0.2, 0.25) is 0 Å². The minimum absolute atomic E-state index is 0.230. The number of unbranched alkanes of at least 4 members (excludes halogenated alkanes) is 1. The summed E-state index contributed by atoms with van der Waals surface area (Å²) in [5.41, 5.74) is 0. The van der Waals surface area contributed by atoms with Gasteiger partial charge in [0, 0.05) is 6.42 Å². The first-order valence-corrected chi connectivity index (χ1v) is 8.35. The summed E-state index contributed by atoms with van der Waals surface area (Å²) in [5, 5.41) is 17.8. The maximum absolute atomic E-state index is 10.3. The lowest BCUT2D eigenvalue weighted by Crippen LogP contribution is -2.00. The van der Waals surface area contributed by atoms with Crippen LogP contribution in [0.15, 0.2) is 60.8 Å². The first-order chi connectivity index (χ1) is 11.2. The predicted molar refractivity (Wildman–Crippen MR) is 97.3 cm³/mol. The summed E-state index contributed by atoms with van der Waals surface area (Å²) in [6.07, 6.45) is 25.1. The number of carboxylic acid groups (broad SMARTS) is 1. The zero-order valence-corrected chi connectivity index (χ0v) is 14.1. The Labute approximate surface area is 140 Å². The average molecular weight is 318 g/mol. The van der Waals surface area contributed by atoms with Crippen molar-refractivity contribution in [1.29, 1.82) is 0 Å². The molecule has 0 aliphatic carbocycles. The number of hydrogen-bond acceptors (Lipinski definition) is 2. The molecule has 1 atom stereocenters. The molecule has 0 aliphatic rings. The summed E-state index contributed by atoms with van der Waals surface area (Å²) in [4.78, 5) is 10.3. The van der Waals surface area contributed by atoms with Crippen molar-refractivity contribution in [3.63, 3.8) is 0 Å². The van der Waals surface area contributed by atoms with E-state index in [2.05, 4.69) is 24.3 Å². The van der Waals surface area contributed by atoms with Gasteiger partial charge in [-0.05, 0) is 38.5 Å². The van der Waals surface area contributed by atoms with Gasteiger partial charge >= 0.3 is 5.97 Å². The fourth-order valence-electron chi connectivity index (χ4n) is 1.70. The molecule has 0 heterocycles. The van der Waals surface area contributed by atoms with Crippen LogP contribution in [0.4, 0.5) is 0 Å². The van der Waals surface area contributed by atoms with Gasteiger partial charge in [0.05, 0.1) is 6.10 Å². The molecule has 0 aromatic carbocycles. The maximum atomic E-state index is 10.3. The predicted octanol–water partition coefficient (Wildman–Crippen LogP) is 4.96. The number of carboxylic acids is 1. The van der Waals surface area contributed by atoms with E-state index >= 15 is 0 Å². The first-order valence-electron chi connectivity index (χ1n) is 8.35. The minimum Gasteiger partial charge on any atom is -0.481 e. The number of hydrogen-bond donors (Lipinski definition) is 2. The Bertz CT molecular complexity index is 428.